The van der Waals surface area contributed by atoms with Gasteiger partial charge in [0.15, 0.2) is 0 Å². The Kier molecular flexibility index (Phi) is 5.53. The minimum atomic E-state index is 0.245. The second-order valence-electron chi connectivity index (χ2n) is 6.35. The molecule has 118 valence electrons. The van der Waals surface area contributed by atoms with E-state index < -0.39 is 0 Å². The van der Waals surface area contributed by atoms with Crippen LogP contribution in [0.25, 0.3) is 0 Å². The van der Waals surface area contributed by atoms with Gasteiger partial charge in [-0.2, -0.15) is 0 Å². The van der Waals surface area contributed by atoms with Crippen LogP contribution in [0, 0.1) is 5.41 Å². The molecule has 2 N–H and O–H groups in total. The summed E-state index contributed by atoms with van der Waals surface area (Å²) in [6, 6.07) is 6.25. The summed E-state index contributed by atoms with van der Waals surface area (Å²) >= 11 is 6.25. The Labute approximate surface area is 133 Å². The van der Waals surface area contributed by atoms with E-state index in [0.717, 1.165) is 13.1 Å². The first-order valence-electron chi connectivity index (χ1n) is 7.80. The Balaban J connectivity index is 2.12. The monoisotopic (exact) mass is 310 g/mol. The third-order valence-corrected chi connectivity index (χ3v) is 5.38. The van der Waals surface area contributed by atoms with Crippen LogP contribution < -0.4 is 10.5 Å². The lowest BCUT2D eigenvalue weighted by Crippen LogP contribution is -2.42. The molecule has 21 heavy (non-hydrogen) atoms. The zero-order valence-electron chi connectivity index (χ0n) is 13.4. The van der Waals surface area contributed by atoms with Gasteiger partial charge < -0.3 is 10.5 Å². The topological polar surface area (TPSA) is 38.5 Å². The fourth-order valence-electron chi connectivity index (χ4n) is 3.11. The fraction of sp³-hybridized carbons (Fsp3) is 0.647. The highest BCUT2D eigenvalue weighted by molar-refractivity contribution is 6.32. The molecule has 0 saturated carbocycles. The second-order valence-corrected chi connectivity index (χ2v) is 6.75. The van der Waals surface area contributed by atoms with E-state index in [0.29, 0.717) is 22.7 Å². The SMILES string of the molecule is CCC1(C)CCN(C(CN)c2ccc(OC)c(Cl)c2)CC1. The molecule has 0 aromatic heterocycles. The molecule has 1 atom stereocenters. The number of benzene rings is 1. The molecule has 1 heterocycles. The van der Waals surface area contributed by atoms with Gasteiger partial charge in [0.25, 0.3) is 0 Å². The molecule has 1 aromatic carbocycles. The summed E-state index contributed by atoms with van der Waals surface area (Å²) in [5, 5.41) is 0.656. The van der Waals surface area contributed by atoms with E-state index in [1.807, 2.05) is 12.1 Å². The molecule has 0 aliphatic carbocycles. The maximum Gasteiger partial charge on any atom is 0.137 e. The van der Waals surface area contributed by atoms with E-state index in [2.05, 4.69) is 24.8 Å². The number of hydrogen-bond acceptors (Lipinski definition) is 3. The summed E-state index contributed by atoms with van der Waals surface area (Å²) in [7, 11) is 1.64. The van der Waals surface area contributed by atoms with Gasteiger partial charge >= 0.3 is 0 Å². The maximum atomic E-state index is 6.25. The van der Waals surface area contributed by atoms with E-state index in [-0.39, 0.29) is 6.04 Å². The molecule has 0 spiro atoms. The molecule has 0 amide bonds. The Hall–Kier alpha value is -0.770. The zero-order chi connectivity index (χ0) is 15.5. The van der Waals surface area contributed by atoms with Gasteiger partial charge in [0, 0.05) is 12.6 Å². The van der Waals surface area contributed by atoms with Gasteiger partial charge in [0.2, 0.25) is 0 Å². The van der Waals surface area contributed by atoms with E-state index in [1.54, 1.807) is 7.11 Å². The first-order chi connectivity index (χ1) is 10.0. The molecule has 0 radical (unpaired) electrons. The second kappa shape index (κ2) is 6.99. The normalized spacial score (nSPS) is 20.2. The predicted octanol–water partition coefficient (Wildman–Crippen LogP) is 3.86. The van der Waals surface area contributed by atoms with Crippen molar-refractivity contribution in [2.45, 2.75) is 39.2 Å². The van der Waals surface area contributed by atoms with E-state index in [9.17, 15) is 0 Å². The van der Waals surface area contributed by atoms with Crippen LogP contribution in [0.5, 0.6) is 5.75 Å². The third kappa shape index (κ3) is 3.71. The number of likely N-dealkylation sites (tertiary alicyclic amines) is 1. The van der Waals surface area contributed by atoms with Gasteiger partial charge in [0.05, 0.1) is 12.1 Å². The van der Waals surface area contributed by atoms with E-state index >= 15 is 0 Å². The lowest BCUT2D eigenvalue weighted by atomic mass is 9.78. The quantitative estimate of drug-likeness (QED) is 0.897. The van der Waals surface area contributed by atoms with Crippen LogP contribution in [-0.4, -0.2) is 31.6 Å². The van der Waals surface area contributed by atoms with Gasteiger partial charge in [-0.1, -0.05) is 37.9 Å². The van der Waals surface area contributed by atoms with Gasteiger partial charge in [-0.3, -0.25) is 4.90 Å². The Bertz CT molecular complexity index is 470. The van der Waals surface area contributed by atoms with Gasteiger partial charge in [-0.15, -0.1) is 0 Å². The molecule has 4 heteroatoms. The van der Waals surface area contributed by atoms with Crippen molar-refractivity contribution in [3.63, 3.8) is 0 Å². The number of piperidine rings is 1. The molecule has 1 fully saturated rings. The Morgan fingerprint density at radius 3 is 2.52 bits per heavy atom. The molecule has 2 rings (SSSR count). The van der Waals surface area contributed by atoms with Gasteiger partial charge in [-0.05, 0) is 49.0 Å². The number of hydrogen-bond donors (Lipinski definition) is 1. The standard InChI is InChI=1S/C17H27ClN2O/c1-4-17(2)7-9-20(10-8-17)15(12-19)13-5-6-16(21-3)14(18)11-13/h5-6,11,15H,4,7-10,12,19H2,1-3H3. The average Bonchev–Trinajstić information content (AvgIpc) is 2.50. The largest absolute Gasteiger partial charge is 0.495 e. The molecule has 1 unspecified atom stereocenters. The molecular weight excluding hydrogens is 284 g/mol. The molecule has 3 nitrogen and oxygen atoms in total. The molecule has 1 aromatic rings. The van der Waals surface area contributed by atoms with Crippen molar-refractivity contribution in [3.05, 3.63) is 28.8 Å². The van der Waals surface area contributed by atoms with Crippen molar-refractivity contribution in [1.82, 2.24) is 4.90 Å². The first kappa shape index (κ1) is 16.6. The Morgan fingerprint density at radius 1 is 1.38 bits per heavy atom. The van der Waals surface area contributed by atoms with Crippen molar-refractivity contribution in [2.24, 2.45) is 11.1 Å². The number of halogens is 1. The molecular formula is C17H27ClN2O. The van der Waals surface area contributed by atoms with Crippen molar-refractivity contribution in [3.8, 4) is 5.75 Å². The zero-order valence-corrected chi connectivity index (χ0v) is 14.1. The van der Waals surface area contributed by atoms with Crippen LogP contribution in [0.1, 0.15) is 44.7 Å². The van der Waals surface area contributed by atoms with Crippen molar-refractivity contribution in [2.75, 3.05) is 26.7 Å². The number of nitrogens with zero attached hydrogens (tertiary/aromatic N) is 1. The van der Waals surface area contributed by atoms with Crippen LogP contribution in [0.3, 0.4) is 0 Å². The summed E-state index contributed by atoms with van der Waals surface area (Å²) in [6.45, 7) is 7.52. The highest BCUT2D eigenvalue weighted by Gasteiger charge is 2.31. The molecule has 1 saturated heterocycles. The third-order valence-electron chi connectivity index (χ3n) is 5.08. The summed E-state index contributed by atoms with van der Waals surface area (Å²) in [5.74, 6) is 0.716. The minimum Gasteiger partial charge on any atom is -0.495 e. The lowest BCUT2D eigenvalue weighted by molar-refractivity contribution is 0.0829. The lowest BCUT2D eigenvalue weighted by Gasteiger charge is -2.42. The smallest absolute Gasteiger partial charge is 0.137 e. The molecule has 0 bridgehead atoms. The maximum absolute atomic E-state index is 6.25. The molecule has 1 aliphatic heterocycles. The summed E-state index contributed by atoms with van der Waals surface area (Å²) in [5.41, 5.74) is 7.72. The predicted molar refractivity (Wildman–Crippen MR) is 89.0 cm³/mol. The van der Waals surface area contributed by atoms with Crippen LogP contribution in [-0.2, 0) is 0 Å². The average molecular weight is 311 g/mol. The van der Waals surface area contributed by atoms with E-state index in [4.69, 9.17) is 22.1 Å². The highest BCUT2D eigenvalue weighted by atomic mass is 35.5. The summed E-state index contributed by atoms with van der Waals surface area (Å²) in [4.78, 5) is 2.50. The Morgan fingerprint density at radius 2 is 2.05 bits per heavy atom. The van der Waals surface area contributed by atoms with Crippen LogP contribution >= 0.6 is 11.6 Å². The number of rotatable bonds is 5. The van der Waals surface area contributed by atoms with Crippen LogP contribution in [0.2, 0.25) is 5.02 Å². The summed E-state index contributed by atoms with van der Waals surface area (Å²) in [6.07, 6.45) is 3.73. The van der Waals surface area contributed by atoms with Gasteiger partial charge in [0.1, 0.15) is 5.75 Å². The highest BCUT2D eigenvalue weighted by Crippen LogP contribution is 2.37. The number of methoxy groups -OCH3 is 1. The van der Waals surface area contributed by atoms with Crippen molar-refractivity contribution >= 4 is 11.6 Å². The minimum absolute atomic E-state index is 0.245. The number of nitrogens with two attached hydrogens (primary N) is 1. The van der Waals surface area contributed by atoms with Crippen LogP contribution in [0.4, 0.5) is 0 Å². The fourth-order valence-corrected chi connectivity index (χ4v) is 3.38. The van der Waals surface area contributed by atoms with Crippen LogP contribution in [0.15, 0.2) is 18.2 Å². The van der Waals surface area contributed by atoms with E-state index in [1.165, 1.54) is 24.8 Å². The summed E-state index contributed by atoms with van der Waals surface area (Å²) < 4.78 is 5.22. The van der Waals surface area contributed by atoms with Gasteiger partial charge in [-0.25, -0.2) is 0 Å². The number of ether oxygens (including phenoxy) is 1. The molecule has 1 aliphatic rings. The van der Waals surface area contributed by atoms with Crippen molar-refractivity contribution in [1.29, 1.82) is 0 Å². The van der Waals surface area contributed by atoms with Crippen molar-refractivity contribution < 1.29 is 4.74 Å². The first-order valence-corrected chi connectivity index (χ1v) is 8.18.